The van der Waals surface area contributed by atoms with Crippen LogP contribution in [0.4, 0.5) is 0 Å². The lowest BCUT2D eigenvalue weighted by molar-refractivity contribution is -0.138. The molecule has 2 rings (SSSR count). The third-order valence-electron chi connectivity index (χ3n) is 3.58. The lowest BCUT2D eigenvalue weighted by Crippen LogP contribution is -2.15. The van der Waals surface area contributed by atoms with Gasteiger partial charge >= 0.3 is 5.97 Å². The number of benzene rings is 1. The molecule has 1 atom stereocenters. The topological polar surface area (TPSA) is 55.1 Å². The molecule has 0 bridgehead atoms. The van der Waals surface area contributed by atoms with Crippen LogP contribution < -0.4 is 0 Å². The second kappa shape index (κ2) is 7.01. The van der Waals surface area contributed by atoms with Gasteiger partial charge in [0.05, 0.1) is 5.69 Å². The highest BCUT2D eigenvalue weighted by Crippen LogP contribution is 2.35. The van der Waals surface area contributed by atoms with E-state index in [0.29, 0.717) is 5.82 Å². The molecule has 1 heterocycles. The largest absolute Gasteiger partial charge is 0.481 e. The van der Waals surface area contributed by atoms with Gasteiger partial charge in [-0.3, -0.25) is 4.79 Å². The standard InChI is InChI=1S/C17H22N2O2S/c1-5-19-14(11(2)3)16(18-15(19)12(4)17(20)21)22-13-9-7-6-8-10-13/h6-12H,5H2,1-4H3,(H,20,21). The number of carbonyl (C=O) groups is 1. The van der Waals surface area contributed by atoms with Crippen LogP contribution in [-0.4, -0.2) is 20.6 Å². The van der Waals surface area contributed by atoms with Gasteiger partial charge in [-0.1, -0.05) is 43.8 Å². The number of rotatable bonds is 6. The van der Waals surface area contributed by atoms with Crippen LogP contribution in [0.5, 0.6) is 0 Å². The van der Waals surface area contributed by atoms with E-state index in [2.05, 4.69) is 23.4 Å². The molecule has 0 radical (unpaired) electrons. The van der Waals surface area contributed by atoms with E-state index in [9.17, 15) is 9.90 Å². The molecule has 1 aromatic carbocycles. The SMILES string of the molecule is CCn1c(C(C)C(=O)O)nc(Sc2ccccc2)c1C(C)C. The van der Waals surface area contributed by atoms with Gasteiger partial charge < -0.3 is 9.67 Å². The van der Waals surface area contributed by atoms with Crippen molar-refractivity contribution >= 4 is 17.7 Å². The van der Waals surface area contributed by atoms with E-state index in [0.717, 1.165) is 22.2 Å². The van der Waals surface area contributed by atoms with Gasteiger partial charge in [-0.15, -0.1) is 0 Å². The molecule has 22 heavy (non-hydrogen) atoms. The number of aromatic nitrogens is 2. The highest BCUT2D eigenvalue weighted by Gasteiger charge is 2.26. The van der Waals surface area contributed by atoms with Crippen molar-refractivity contribution in [3.63, 3.8) is 0 Å². The monoisotopic (exact) mass is 318 g/mol. The van der Waals surface area contributed by atoms with Crippen LogP contribution in [0.1, 0.15) is 51.0 Å². The smallest absolute Gasteiger partial charge is 0.313 e. The Labute approximate surface area is 135 Å². The summed E-state index contributed by atoms with van der Waals surface area (Å²) < 4.78 is 2.05. The Hall–Kier alpha value is -1.75. The number of hydrogen-bond acceptors (Lipinski definition) is 3. The first-order chi connectivity index (χ1) is 10.5. The normalized spacial score (nSPS) is 12.6. The number of nitrogens with zero attached hydrogens (tertiary/aromatic N) is 2. The summed E-state index contributed by atoms with van der Waals surface area (Å²) in [6, 6.07) is 10.1. The van der Waals surface area contributed by atoms with E-state index in [1.165, 1.54) is 0 Å². The van der Waals surface area contributed by atoms with Crippen molar-refractivity contribution in [2.75, 3.05) is 0 Å². The van der Waals surface area contributed by atoms with Gasteiger partial charge in [0.15, 0.2) is 0 Å². The maximum atomic E-state index is 11.4. The zero-order valence-electron chi connectivity index (χ0n) is 13.4. The van der Waals surface area contributed by atoms with E-state index >= 15 is 0 Å². The number of carboxylic acid groups (broad SMARTS) is 1. The Kier molecular flexibility index (Phi) is 5.29. The van der Waals surface area contributed by atoms with Crippen LogP contribution in [0.15, 0.2) is 40.3 Å². The van der Waals surface area contributed by atoms with Crippen LogP contribution in [0.2, 0.25) is 0 Å². The molecule has 1 unspecified atom stereocenters. The summed E-state index contributed by atoms with van der Waals surface area (Å²) in [5.74, 6) is -0.528. The molecule has 0 fully saturated rings. The van der Waals surface area contributed by atoms with E-state index in [4.69, 9.17) is 0 Å². The average Bonchev–Trinajstić information content (AvgIpc) is 2.85. The second-order valence-corrected chi connectivity index (χ2v) is 6.60. The number of imidazole rings is 1. The minimum absolute atomic E-state index is 0.286. The molecular formula is C17H22N2O2S. The molecule has 5 heteroatoms. The fourth-order valence-electron chi connectivity index (χ4n) is 2.47. The van der Waals surface area contributed by atoms with Crippen LogP contribution in [0, 0.1) is 0 Å². The van der Waals surface area contributed by atoms with Crippen molar-refractivity contribution in [2.24, 2.45) is 0 Å². The van der Waals surface area contributed by atoms with Gasteiger partial charge in [-0.25, -0.2) is 4.98 Å². The van der Waals surface area contributed by atoms with Crippen LogP contribution in [0.3, 0.4) is 0 Å². The molecule has 0 spiro atoms. The second-order valence-electron chi connectivity index (χ2n) is 5.53. The lowest BCUT2D eigenvalue weighted by Gasteiger charge is -2.14. The molecule has 0 aliphatic rings. The molecule has 4 nitrogen and oxygen atoms in total. The highest BCUT2D eigenvalue weighted by atomic mass is 32.2. The van der Waals surface area contributed by atoms with Crippen molar-refractivity contribution in [3.8, 4) is 0 Å². The Morgan fingerprint density at radius 2 is 1.91 bits per heavy atom. The Morgan fingerprint density at radius 3 is 2.41 bits per heavy atom. The maximum absolute atomic E-state index is 11.4. The summed E-state index contributed by atoms with van der Waals surface area (Å²) in [7, 11) is 0. The van der Waals surface area contributed by atoms with Gasteiger partial charge in [0, 0.05) is 11.4 Å². The summed E-state index contributed by atoms with van der Waals surface area (Å²) in [5.41, 5.74) is 1.11. The molecular weight excluding hydrogens is 296 g/mol. The quantitative estimate of drug-likeness (QED) is 0.859. The van der Waals surface area contributed by atoms with Crippen LogP contribution >= 0.6 is 11.8 Å². The number of aliphatic carboxylic acids is 1. The van der Waals surface area contributed by atoms with Crippen molar-refractivity contribution in [1.82, 2.24) is 9.55 Å². The Balaban J connectivity index is 2.50. The molecule has 0 saturated heterocycles. The van der Waals surface area contributed by atoms with E-state index in [1.54, 1.807) is 18.7 Å². The van der Waals surface area contributed by atoms with E-state index in [1.807, 2.05) is 37.3 Å². The van der Waals surface area contributed by atoms with Crippen molar-refractivity contribution in [2.45, 2.75) is 56.0 Å². The predicted molar refractivity (Wildman–Crippen MR) is 88.6 cm³/mol. The number of hydrogen-bond donors (Lipinski definition) is 1. The summed E-state index contributed by atoms with van der Waals surface area (Å²) >= 11 is 1.60. The minimum Gasteiger partial charge on any atom is -0.481 e. The molecule has 1 N–H and O–H groups in total. The van der Waals surface area contributed by atoms with Crippen molar-refractivity contribution < 1.29 is 9.90 Å². The highest BCUT2D eigenvalue weighted by molar-refractivity contribution is 7.99. The van der Waals surface area contributed by atoms with Gasteiger partial charge in [-0.2, -0.15) is 0 Å². The first-order valence-electron chi connectivity index (χ1n) is 7.51. The molecule has 118 valence electrons. The fraction of sp³-hybridized carbons (Fsp3) is 0.412. The van der Waals surface area contributed by atoms with Gasteiger partial charge in [0.2, 0.25) is 0 Å². The van der Waals surface area contributed by atoms with Gasteiger partial charge in [0.25, 0.3) is 0 Å². The van der Waals surface area contributed by atoms with E-state index < -0.39 is 11.9 Å². The minimum atomic E-state index is -0.841. The molecule has 0 saturated carbocycles. The van der Waals surface area contributed by atoms with Crippen LogP contribution in [0.25, 0.3) is 0 Å². The third kappa shape index (κ3) is 3.35. The van der Waals surface area contributed by atoms with Crippen molar-refractivity contribution in [3.05, 3.63) is 41.9 Å². The summed E-state index contributed by atoms with van der Waals surface area (Å²) in [6.07, 6.45) is 0. The van der Waals surface area contributed by atoms with Gasteiger partial charge in [0.1, 0.15) is 16.8 Å². The first kappa shape index (κ1) is 16.6. The molecule has 0 aliphatic heterocycles. The first-order valence-corrected chi connectivity index (χ1v) is 8.33. The van der Waals surface area contributed by atoms with E-state index in [-0.39, 0.29) is 5.92 Å². The zero-order valence-corrected chi connectivity index (χ0v) is 14.2. The lowest BCUT2D eigenvalue weighted by atomic mass is 10.1. The maximum Gasteiger partial charge on any atom is 0.313 e. The predicted octanol–water partition coefficient (Wildman–Crippen LogP) is 4.37. The summed E-state index contributed by atoms with van der Waals surface area (Å²) in [4.78, 5) is 17.1. The Morgan fingerprint density at radius 1 is 1.27 bits per heavy atom. The van der Waals surface area contributed by atoms with Gasteiger partial charge in [-0.05, 0) is 31.9 Å². The fourth-order valence-corrected chi connectivity index (χ4v) is 3.57. The summed E-state index contributed by atoms with van der Waals surface area (Å²) in [6.45, 7) is 8.68. The number of carboxylic acids is 1. The van der Waals surface area contributed by atoms with Crippen LogP contribution in [-0.2, 0) is 11.3 Å². The molecule has 2 aromatic rings. The molecule has 1 aromatic heterocycles. The Bertz CT molecular complexity index is 650. The summed E-state index contributed by atoms with van der Waals surface area (Å²) in [5, 5.41) is 10.2. The zero-order chi connectivity index (χ0) is 16.3. The third-order valence-corrected chi connectivity index (χ3v) is 4.58. The molecule has 0 amide bonds. The average molecular weight is 318 g/mol. The molecule has 0 aliphatic carbocycles. The van der Waals surface area contributed by atoms with Crippen molar-refractivity contribution in [1.29, 1.82) is 0 Å².